The smallest absolute Gasteiger partial charge is 0.220 e. The van der Waals surface area contributed by atoms with Crippen molar-refractivity contribution < 1.29 is 4.79 Å². The lowest BCUT2D eigenvalue weighted by Crippen LogP contribution is -2.25. The lowest BCUT2D eigenvalue weighted by Gasteiger charge is -2.11. The van der Waals surface area contributed by atoms with Gasteiger partial charge in [0.25, 0.3) is 0 Å². The van der Waals surface area contributed by atoms with Crippen molar-refractivity contribution >= 4 is 17.5 Å². The second-order valence-electron chi connectivity index (χ2n) is 5.84. The average Bonchev–Trinajstić information content (AvgIpc) is 3.37. The Morgan fingerprint density at radius 3 is 2.32 bits per heavy atom. The van der Waals surface area contributed by atoms with Crippen LogP contribution in [0.15, 0.2) is 54.6 Å². The fraction of sp³-hybridized carbons (Fsp3) is 0.316. The van der Waals surface area contributed by atoms with Gasteiger partial charge in [-0.15, -0.1) is 11.6 Å². The number of benzene rings is 2. The Balaban J connectivity index is 1.56. The zero-order valence-corrected chi connectivity index (χ0v) is 13.2. The Hall–Kier alpha value is -1.80. The van der Waals surface area contributed by atoms with E-state index in [0.29, 0.717) is 18.9 Å². The molecule has 114 valence electrons. The molecule has 1 aliphatic rings. The van der Waals surface area contributed by atoms with Crippen molar-refractivity contribution in [3.63, 3.8) is 0 Å². The molecule has 3 heteroatoms. The number of hydrogen-bond donors (Lipinski definition) is 1. The summed E-state index contributed by atoms with van der Waals surface area (Å²) in [6, 6.07) is 19.0. The van der Waals surface area contributed by atoms with E-state index in [1.165, 1.54) is 11.1 Å². The summed E-state index contributed by atoms with van der Waals surface area (Å²) in [5.74, 6) is 0.119. The maximum atomic E-state index is 11.7. The average molecular weight is 314 g/mol. The molecular weight excluding hydrogens is 294 g/mol. The minimum absolute atomic E-state index is 0.116. The number of carbonyl (C=O) groups is 1. The highest BCUT2D eigenvalue weighted by molar-refractivity contribution is 6.20. The Kier molecular flexibility index (Phi) is 4.79. The summed E-state index contributed by atoms with van der Waals surface area (Å²) in [5, 5.41) is 2.88. The molecular formula is C19H20ClNO. The van der Waals surface area contributed by atoms with Gasteiger partial charge in [0.15, 0.2) is 0 Å². The van der Waals surface area contributed by atoms with Crippen LogP contribution in [0.4, 0.5) is 0 Å². The van der Waals surface area contributed by atoms with Gasteiger partial charge in [0.2, 0.25) is 5.91 Å². The van der Waals surface area contributed by atoms with Crippen LogP contribution >= 0.6 is 11.6 Å². The van der Waals surface area contributed by atoms with Gasteiger partial charge in [-0.05, 0) is 36.0 Å². The van der Waals surface area contributed by atoms with Gasteiger partial charge in [0, 0.05) is 12.5 Å². The van der Waals surface area contributed by atoms with Crippen molar-refractivity contribution in [2.75, 3.05) is 0 Å². The van der Waals surface area contributed by atoms with Gasteiger partial charge < -0.3 is 5.32 Å². The molecule has 0 saturated heterocycles. The molecule has 2 nitrogen and oxygen atoms in total. The van der Waals surface area contributed by atoms with Crippen molar-refractivity contribution in [2.45, 2.75) is 37.1 Å². The van der Waals surface area contributed by atoms with Gasteiger partial charge in [-0.25, -0.2) is 0 Å². The van der Waals surface area contributed by atoms with Crippen LogP contribution in [0.5, 0.6) is 0 Å². The third kappa shape index (κ3) is 4.11. The molecule has 1 N–H and O–H groups in total. The van der Waals surface area contributed by atoms with E-state index in [2.05, 4.69) is 41.7 Å². The molecule has 1 saturated carbocycles. The van der Waals surface area contributed by atoms with E-state index in [9.17, 15) is 4.79 Å². The molecule has 0 bridgehead atoms. The Bertz CT molecular complexity index is 620. The van der Waals surface area contributed by atoms with E-state index in [1.54, 1.807) is 0 Å². The van der Waals surface area contributed by atoms with Crippen LogP contribution in [-0.4, -0.2) is 11.9 Å². The molecule has 2 aromatic carbocycles. The first-order chi connectivity index (χ1) is 10.7. The molecule has 0 aliphatic heterocycles. The summed E-state index contributed by atoms with van der Waals surface area (Å²) in [5.41, 5.74) is 3.45. The number of alkyl halides is 1. The normalized spacial score (nSPS) is 15.3. The second-order valence-corrected chi connectivity index (χ2v) is 6.36. The maximum Gasteiger partial charge on any atom is 0.220 e. The van der Waals surface area contributed by atoms with Gasteiger partial charge in [-0.2, -0.15) is 0 Å². The van der Waals surface area contributed by atoms with Crippen LogP contribution in [0.1, 0.15) is 36.6 Å². The first-order valence-corrected chi connectivity index (χ1v) is 8.25. The first-order valence-electron chi connectivity index (χ1n) is 7.81. The third-order valence-corrected chi connectivity index (χ3v) is 4.42. The van der Waals surface area contributed by atoms with Crippen LogP contribution in [0.25, 0.3) is 11.1 Å². The molecule has 0 heterocycles. The molecule has 0 aromatic heterocycles. The van der Waals surface area contributed by atoms with E-state index < -0.39 is 0 Å². The highest BCUT2D eigenvalue weighted by Crippen LogP contribution is 2.28. The van der Waals surface area contributed by atoms with Crippen LogP contribution in [0.2, 0.25) is 0 Å². The summed E-state index contributed by atoms with van der Waals surface area (Å²) < 4.78 is 0. The van der Waals surface area contributed by atoms with Gasteiger partial charge in [-0.3, -0.25) is 4.79 Å². The first kappa shape index (κ1) is 15.1. The topological polar surface area (TPSA) is 29.1 Å². The standard InChI is InChI=1S/C19H20ClNO/c20-18(12-13-19(22)21-17-10-11-17)16-8-6-15(7-9-16)14-4-2-1-3-5-14/h1-9,17-18H,10-13H2,(H,21,22). The fourth-order valence-corrected chi connectivity index (χ4v) is 2.72. The minimum atomic E-state index is -0.116. The minimum Gasteiger partial charge on any atom is -0.353 e. The van der Waals surface area contributed by atoms with Gasteiger partial charge >= 0.3 is 0 Å². The summed E-state index contributed by atoms with van der Waals surface area (Å²) >= 11 is 6.42. The summed E-state index contributed by atoms with van der Waals surface area (Å²) in [4.78, 5) is 11.7. The molecule has 0 radical (unpaired) electrons. The van der Waals surface area contributed by atoms with Crippen LogP contribution in [0.3, 0.4) is 0 Å². The lowest BCUT2D eigenvalue weighted by atomic mass is 10.0. The molecule has 1 aliphatic carbocycles. The SMILES string of the molecule is O=C(CCC(Cl)c1ccc(-c2ccccc2)cc1)NC1CC1. The zero-order valence-electron chi connectivity index (χ0n) is 12.5. The Morgan fingerprint density at radius 2 is 1.68 bits per heavy atom. The molecule has 1 fully saturated rings. The molecule has 3 rings (SSSR count). The Morgan fingerprint density at radius 1 is 1.05 bits per heavy atom. The Labute approximate surface area is 136 Å². The predicted molar refractivity (Wildman–Crippen MR) is 90.9 cm³/mol. The summed E-state index contributed by atoms with van der Waals surface area (Å²) in [7, 11) is 0. The number of rotatable bonds is 6. The number of nitrogens with one attached hydrogen (secondary N) is 1. The van der Waals surface area contributed by atoms with Crippen molar-refractivity contribution in [2.24, 2.45) is 0 Å². The van der Waals surface area contributed by atoms with E-state index in [0.717, 1.165) is 18.4 Å². The predicted octanol–water partition coefficient (Wildman–Crippen LogP) is 4.69. The van der Waals surface area contributed by atoms with E-state index >= 15 is 0 Å². The van der Waals surface area contributed by atoms with Crippen molar-refractivity contribution in [1.29, 1.82) is 0 Å². The summed E-state index contributed by atoms with van der Waals surface area (Å²) in [6.07, 6.45) is 3.41. The molecule has 1 amide bonds. The molecule has 1 atom stereocenters. The van der Waals surface area contributed by atoms with E-state index in [-0.39, 0.29) is 11.3 Å². The van der Waals surface area contributed by atoms with Crippen molar-refractivity contribution in [3.8, 4) is 11.1 Å². The van der Waals surface area contributed by atoms with Crippen molar-refractivity contribution in [3.05, 3.63) is 60.2 Å². The molecule has 2 aromatic rings. The number of halogens is 1. The van der Waals surface area contributed by atoms with Crippen LogP contribution < -0.4 is 5.32 Å². The zero-order chi connectivity index (χ0) is 15.4. The van der Waals surface area contributed by atoms with Crippen LogP contribution in [0, 0.1) is 0 Å². The van der Waals surface area contributed by atoms with Gasteiger partial charge in [-0.1, -0.05) is 54.6 Å². The second kappa shape index (κ2) is 6.97. The molecule has 0 spiro atoms. The van der Waals surface area contributed by atoms with E-state index in [4.69, 9.17) is 11.6 Å². The van der Waals surface area contributed by atoms with Crippen LogP contribution in [-0.2, 0) is 4.79 Å². The van der Waals surface area contributed by atoms with Gasteiger partial charge in [0.1, 0.15) is 0 Å². The maximum absolute atomic E-state index is 11.7. The van der Waals surface area contributed by atoms with Crippen molar-refractivity contribution in [1.82, 2.24) is 5.32 Å². The number of hydrogen-bond acceptors (Lipinski definition) is 1. The monoisotopic (exact) mass is 313 g/mol. The number of carbonyl (C=O) groups excluding carboxylic acids is 1. The third-order valence-electron chi connectivity index (χ3n) is 3.95. The quantitative estimate of drug-likeness (QED) is 0.770. The lowest BCUT2D eigenvalue weighted by molar-refractivity contribution is -0.121. The number of amides is 1. The molecule has 22 heavy (non-hydrogen) atoms. The van der Waals surface area contributed by atoms with E-state index in [1.807, 2.05) is 18.2 Å². The largest absolute Gasteiger partial charge is 0.353 e. The fourth-order valence-electron chi connectivity index (χ4n) is 2.47. The van der Waals surface area contributed by atoms with Gasteiger partial charge in [0.05, 0.1) is 5.38 Å². The summed E-state index contributed by atoms with van der Waals surface area (Å²) in [6.45, 7) is 0. The molecule has 1 unspecified atom stereocenters. The highest BCUT2D eigenvalue weighted by Gasteiger charge is 2.23. The highest BCUT2D eigenvalue weighted by atomic mass is 35.5.